The summed E-state index contributed by atoms with van der Waals surface area (Å²) in [5, 5.41) is 2.94. The van der Waals surface area contributed by atoms with Crippen LogP contribution in [0.15, 0.2) is 24.3 Å². The molecule has 1 aromatic carbocycles. The van der Waals surface area contributed by atoms with Crippen molar-refractivity contribution in [2.75, 3.05) is 26.2 Å². The number of piperidine rings is 1. The lowest BCUT2D eigenvalue weighted by atomic mass is 9.95. The van der Waals surface area contributed by atoms with E-state index in [9.17, 15) is 14.0 Å². The van der Waals surface area contributed by atoms with Crippen LogP contribution in [0.2, 0.25) is 0 Å². The summed E-state index contributed by atoms with van der Waals surface area (Å²) in [6.07, 6.45) is 1.85. The molecule has 0 aromatic heterocycles. The van der Waals surface area contributed by atoms with Crippen molar-refractivity contribution in [2.24, 2.45) is 5.92 Å². The minimum absolute atomic E-state index is 0.00906. The Hall–Kier alpha value is -2.11. The number of amides is 3. The minimum Gasteiger partial charge on any atom is -0.343 e. The van der Waals surface area contributed by atoms with Crippen LogP contribution in [-0.2, 0) is 11.2 Å². The van der Waals surface area contributed by atoms with Crippen molar-refractivity contribution < 1.29 is 14.0 Å². The molecule has 1 aliphatic rings. The quantitative estimate of drug-likeness (QED) is 0.845. The van der Waals surface area contributed by atoms with Crippen molar-refractivity contribution in [1.82, 2.24) is 15.1 Å². The third-order valence-electron chi connectivity index (χ3n) is 5.06. The second-order valence-corrected chi connectivity index (χ2v) is 6.92. The minimum atomic E-state index is -0.246. The van der Waals surface area contributed by atoms with Gasteiger partial charge in [0.2, 0.25) is 5.91 Å². The van der Waals surface area contributed by atoms with Crippen LogP contribution in [0.25, 0.3) is 0 Å². The maximum Gasteiger partial charge on any atom is 0.317 e. The van der Waals surface area contributed by atoms with E-state index < -0.39 is 0 Å². The molecule has 5 nitrogen and oxygen atoms in total. The first-order chi connectivity index (χ1) is 12.5. The van der Waals surface area contributed by atoms with E-state index in [2.05, 4.69) is 5.32 Å². The first-order valence-corrected chi connectivity index (χ1v) is 9.53. The van der Waals surface area contributed by atoms with Gasteiger partial charge in [-0.15, -0.1) is 0 Å². The van der Waals surface area contributed by atoms with Crippen molar-refractivity contribution >= 4 is 11.9 Å². The summed E-state index contributed by atoms with van der Waals surface area (Å²) in [5.74, 6) is -0.0397. The number of carbonyl (C=O) groups is 2. The Kier molecular flexibility index (Phi) is 7.42. The lowest BCUT2D eigenvalue weighted by molar-refractivity contribution is -0.136. The van der Waals surface area contributed by atoms with E-state index in [0.717, 1.165) is 13.1 Å². The van der Waals surface area contributed by atoms with Crippen molar-refractivity contribution in [3.63, 3.8) is 0 Å². The van der Waals surface area contributed by atoms with E-state index in [-0.39, 0.29) is 29.7 Å². The van der Waals surface area contributed by atoms with E-state index in [4.69, 9.17) is 0 Å². The average Bonchev–Trinajstić information content (AvgIpc) is 2.64. The highest BCUT2D eigenvalue weighted by Crippen LogP contribution is 2.20. The number of halogens is 1. The topological polar surface area (TPSA) is 52.7 Å². The Bertz CT molecular complexity index is 611. The third kappa shape index (κ3) is 5.19. The molecule has 1 saturated heterocycles. The highest BCUT2D eigenvalue weighted by Gasteiger charge is 2.29. The van der Waals surface area contributed by atoms with Gasteiger partial charge in [0.15, 0.2) is 0 Å². The van der Waals surface area contributed by atoms with E-state index in [1.807, 2.05) is 25.7 Å². The molecule has 3 amide bonds. The zero-order valence-corrected chi connectivity index (χ0v) is 16.0. The summed E-state index contributed by atoms with van der Waals surface area (Å²) < 4.78 is 13.7. The number of nitrogens with zero attached hydrogens (tertiary/aromatic N) is 2. The number of urea groups is 1. The van der Waals surface area contributed by atoms with Gasteiger partial charge in [-0.1, -0.05) is 18.2 Å². The van der Waals surface area contributed by atoms with Crippen molar-refractivity contribution in [3.8, 4) is 0 Å². The van der Waals surface area contributed by atoms with Gasteiger partial charge in [0, 0.05) is 38.1 Å². The van der Waals surface area contributed by atoms with Crippen LogP contribution in [0, 0.1) is 11.7 Å². The molecule has 144 valence electrons. The van der Waals surface area contributed by atoms with Gasteiger partial charge in [-0.3, -0.25) is 4.79 Å². The van der Waals surface area contributed by atoms with Crippen LogP contribution in [0.1, 0.15) is 39.2 Å². The molecule has 1 aromatic rings. The fourth-order valence-electron chi connectivity index (χ4n) is 3.47. The largest absolute Gasteiger partial charge is 0.343 e. The molecule has 26 heavy (non-hydrogen) atoms. The number of hydrogen-bond donors (Lipinski definition) is 1. The lowest BCUT2D eigenvalue weighted by Crippen LogP contribution is -2.49. The number of carbonyl (C=O) groups excluding carboxylic acids is 2. The van der Waals surface area contributed by atoms with Gasteiger partial charge in [-0.05, 0) is 51.7 Å². The predicted molar refractivity (Wildman–Crippen MR) is 100 cm³/mol. The van der Waals surface area contributed by atoms with Crippen LogP contribution >= 0.6 is 0 Å². The standard InChI is InChI=1S/C20H30FN3O2/c1-4-23(5-2)19(25)16-10-12-24(13-11-16)20(26)22-15(3)14-17-8-6-7-9-18(17)21/h6-9,15-16H,4-5,10-14H2,1-3H3,(H,22,26). The first-order valence-electron chi connectivity index (χ1n) is 9.53. The van der Waals surface area contributed by atoms with Gasteiger partial charge in [-0.2, -0.15) is 0 Å². The van der Waals surface area contributed by atoms with E-state index in [1.165, 1.54) is 6.07 Å². The first kappa shape index (κ1) is 20.2. The summed E-state index contributed by atoms with van der Waals surface area (Å²) in [4.78, 5) is 28.5. The van der Waals surface area contributed by atoms with Gasteiger partial charge in [-0.25, -0.2) is 9.18 Å². The predicted octanol–water partition coefficient (Wildman–Crippen LogP) is 3.05. The molecule has 1 heterocycles. The fraction of sp³-hybridized carbons (Fsp3) is 0.600. The zero-order valence-electron chi connectivity index (χ0n) is 16.0. The molecule has 1 unspecified atom stereocenters. The Balaban J connectivity index is 1.81. The van der Waals surface area contributed by atoms with E-state index in [1.54, 1.807) is 23.1 Å². The molecule has 1 fully saturated rings. The second-order valence-electron chi connectivity index (χ2n) is 6.92. The zero-order chi connectivity index (χ0) is 19.1. The van der Waals surface area contributed by atoms with Crippen LogP contribution < -0.4 is 5.32 Å². The van der Waals surface area contributed by atoms with Crippen LogP contribution in [0.3, 0.4) is 0 Å². The summed E-state index contributed by atoms with van der Waals surface area (Å²) in [6.45, 7) is 8.46. The number of benzene rings is 1. The molecule has 1 aliphatic heterocycles. The molecule has 2 rings (SSSR count). The number of nitrogens with one attached hydrogen (secondary N) is 1. The molecule has 0 spiro atoms. The normalized spacial score (nSPS) is 16.2. The summed E-state index contributed by atoms with van der Waals surface area (Å²) in [6, 6.07) is 6.33. The van der Waals surface area contributed by atoms with Gasteiger partial charge >= 0.3 is 6.03 Å². The lowest BCUT2D eigenvalue weighted by Gasteiger charge is -2.34. The van der Waals surface area contributed by atoms with Gasteiger partial charge in [0.1, 0.15) is 5.82 Å². The smallest absolute Gasteiger partial charge is 0.317 e. The second kappa shape index (κ2) is 9.55. The molecule has 0 aliphatic carbocycles. The summed E-state index contributed by atoms with van der Waals surface area (Å²) in [5.41, 5.74) is 0.601. The molecule has 0 saturated carbocycles. The number of likely N-dealkylation sites (tertiary alicyclic amines) is 1. The molecular formula is C20H30FN3O2. The Morgan fingerprint density at radius 3 is 2.42 bits per heavy atom. The Morgan fingerprint density at radius 2 is 1.85 bits per heavy atom. The summed E-state index contributed by atoms with van der Waals surface area (Å²) in [7, 11) is 0. The molecule has 0 bridgehead atoms. The van der Waals surface area contributed by atoms with Crippen molar-refractivity contribution in [1.29, 1.82) is 0 Å². The van der Waals surface area contributed by atoms with Gasteiger partial charge in [0.25, 0.3) is 0 Å². The molecule has 1 atom stereocenters. The van der Waals surface area contributed by atoms with E-state index in [0.29, 0.717) is 37.9 Å². The monoisotopic (exact) mass is 363 g/mol. The average molecular weight is 363 g/mol. The Morgan fingerprint density at radius 1 is 1.23 bits per heavy atom. The molecule has 1 N–H and O–H groups in total. The van der Waals surface area contributed by atoms with Crippen molar-refractivity contribution in [2.45, 2.75) is 46.1 Å². The molecular weight excluding hydrogens is 333 g/mol. The highest BCUT2D eigenvalue weighted by atomic mass is 19.1. The SMILES string of the molecule is CCN(CC)C(=O)C1CCN(C(=O)NC(C)Cc2ccccc2F)CC1. The van der Waals surface area contributed by atoms with Crippen LogP contribution in [0.5, 0.6) is 0 Å². The number of hydrogen-bond acceptors (Lipinski definition) is 2. The molecule has 0 radical (unpaired) electrons. The van der Waals surface area contributed by atoms with E-state index >= 15 is 0 Å². The maximum atomic E-state index is 13.7. The van der Waals surface area contributed by atoms with Crippen LogP contribution in [-0.4, -0.2) is 54.0 Å². The number of rotatable bonds is 6. The maximum absolute atomic E-state index is 13.7. The fourth-order valence-corrected chi connectivity index (χ4v) is 3.47. The third-order valence-corrected chi connectivity index (χ3v) is 5.06. The summed E-state index contributed by atoms with van der Waals surface area (Å²) >= 11 is 0. The Labute approximate surface area is 155 Å². The van der Waals surface area contributed by atoms with Gasteiger partial charge in [0.05, 0.1) is 0 Å². The van der Waals surface area contributed by atoms with Crippen molar-refractivity contribution in [3.05, 3.63) is 35.6 Å². The van der Waals surface area contributed by atoms with Crippen LogP contribution in [0.4, 0.5) is 9.18 Å². The van der Waals surface area contributed by atoms with Gasteiger partial charge < -0.3 is 15.1 Å². The molecule has 6 heteroatoms. The highest BCUT2D eigenvalue weighted by molar-refractivity contribution is 5.80.